The van der Waals surface area contributed by atoms with Crippen LogP contribution in [0.25, 0.3) is 0 Å². The second-order valence-electron chi connectivity index (χ2n) is 11.5. The Balaban J connectivity index is 2.20. The van der Waals surface area contributed by atoms with E-state index in [1.54, 1.807) is 0 Å². The van der Waals surface area contributed by atoms with Crippen LogP contribution in [0.1, 0.15) is 119 Å². The maximum Gasteiger partial charge on any atom is 0.00956 e. The molecule has 1 fully saturated rings. The Hall–Kier alpha value is -0.0800. The van der Waals surface area contributed by atoms with E-state index in [1.165, 1.54) is 70.6 Å². The van der Waals surface area contributed by atoms with Crippen molar-refractivity contribution >= 4 is 0 Å². The van der Waals surface area contributed by atoms with Crippen LogP contribution in [0, 0.1) is 35.0 Å². The molecule has 5 unspecified atom stereocenters. The van der Waals surface area contributed by atoms with Crippen LogP contribution >= 0.6 is 0 Å². The minimum absolute atomic E-state index is 0.398. The zero-order valence-corrected chi connectivity index (χ0v) is 20.5. The summed E-state index contributed by atoms with van der Waals surface area (Å²) in [5.41, 5.74) is 13.1. The van der Waals surface area contributed by atoms with Crippen molar-refractivity contribution in [2.24, 2.45) is 46.5 Å². The average Bonchev–Trinajstić information content (AvgIpc) is 2.61. The molecule has 0 aromatic rings. The van der Waals surface area contributed by atoms with Crippen LogP contribution in [0.2, 0.25) is 0 Å². The monoisotopic (exact) mass is 394 g/mol. The summed E-state index contributed by atoms with van der Waals surface area (Å²) in [6.07, 6.45) is 14.9. The third-order valence-corrected chi connectivity index (χ3v) is 8.04. The lowest BCUT2D eigenvalue weighted by Crippen LogP contribution is -2.47. The molecule has 1 rings (SSSR count). The van der Waals surface area contributed by atoms with Crippen LogP contribution in [-0.4, -0.2) is 12.1 Å². The number of unbranched alkanes of at least 4 members (excludes halogenated alkanes) is 6. The van der Waals surface area contributed by atoms with Gasteiger partial charge in [-0.3, -0.25) is 0 Å². The van der Waals surface area contributed by atoms with Gasteiger partial charge in [-0.25, -0.2) is 0 Å². The van der Waals surface area contributed by atoms with E-state index >= 15 is 0 Å². The fourth-order valence-corrected chi connectivity index (χ4v) is 5.35. The highest BCUT2D eigenvalue weighted by Gasteiger charge is 2.40. The second-order valence-corrected chi connectivity index (χ2v) is 11.5. The van der Waals surface area contributed by atoms with Crippen LogP contribution in [-0.2, 0) is 0 Å². The quantitative estimate of drug-likeness (QED) is 0.326. The molecule has 4 N–H and O–H groups in total. The summed E-state index contributed by atoms with van der Waals surface area (Å²) in [4.78, 5) is 0. The maximum absolute atomic E-state index is 6.54. The summed E-state index contributed by atoms with van der Waals surface area (Å²) in [5.74, 6) is 3.57. The van der Waals surface area contributed by atoms with Gasteiger partial charge >= 0.3 is 0 Å². The molecule has 0 radical (unpaired) electrons. The van der Waals surface area contributed by atoms with E-state index in [0.717, 1.165) is 5.92 Å². The zero-order chi connectivity index (χ0) is 21.3. The van der Waals surface area contributed by atoms with Crippen molar-refractivity contribution in [1.29, 1.82) is 0 Å². The summed E-state index contributed by atoms with van der Waals surface area (Å²) in [5, 5.41) is 0. The molecule has 0 saturated heterocycles. The standard InChI is InChI=1S/C26H54N2/c1-19(2)23-18-22(17-21(5)25(23)28)26(6,7)16-14-12-10-8-9-11-13-15-24(27)20(3)4/h19-25H,8-18,27-28H2,1-7H3. The van der Waals surface area contributed by atoms with Crippen LogP contribution in [0.3, 0.4) is 0 Å². The summed E-state index contributed by atoms with van der Waals surface area (Å²) in [6, 6.07) is 0.803. The molecule has 168 valence electrons. The molecule has 2 heteroatoms. The number of rotatable bonds is 13. The van der Waals surface area contributed by atoms with Gasteiger partial charge in [-0.05, 0) is 60.7 Å². The summed E-state index contributed by atoms with van der Waals surface area (Å²) in [7, 11) is 0. The molecule has 1 saturated carbocycles. The van der Waals surface area contributed by atoms with Crippen molar-refractivity contribution in [1.82, 2.24) is 0 Å². The Morgan fingerprint density at radius 1 is 0.857 bits per heavy atom. The molecule has 5 atom stereocenters. The van der Waals surface area contributed by atoms with E-state index in [0.29, 0.717) is 41.2 Å². The predicted molar refractivity (Wildman–Crippen MR) is 126 cm³/mol. The number of hydrogen-bond donors (Lipinski definition) is 2. The minimum Gasteiger partial charge on any atom is -0.327 e. The summed E-state index contributed by atoms with van der Waals surface area (Å²) in [6.45, 7) is 16.6. The van der Waals surface area contributed by atoms with E-state index in [9.17, 15) is 0 Å². The molecule has 28 heavy (non-hydrogen) atoms. The van der Waals surface area contributed by atoms with Crippen molar-refractivity contribution < 1.29 is 0 Å². The van der Waals surface area contributed by atoms with Crippen LogP contribution in [0.15, 0.2) is 0 Å². The van der Waals surface area contributed by atoms with E-state index in [-0.39, 0.29) is 0 Å². The van der Waals surface area contributed by atoms with Gasteiger partial charge in [-0.2, -0.15) is 0 Å². The fourth-order valence-electron chi connectivity index (χ4n) is 5.35. The lowest BCUT2D eigenvalue weighted by atomic mass is 9.60. The van der Waals surface area contributed by atoms with Gasteiger partial charge in [0.1, 0.15) is 0 Å². The fraction of sp³-hybridized carbons (Fsp3) is 1.00. The third-order valence-electron chi connectivity index (χ3n) is 8.04. The van der Waals surface area contributed by atoms with E-state index in [4.69, 9.17) is 11.5 Å². The lowest BCUT2D eigenvalue weighted by molar-refractivity contribution is 0.0529. The predicted octanol–water partition coefficient (Wildman–Crippen LogP) is 7.15. The third kappa shape index (κ3) is 8.74. The van der Waals surface area contributed by atoms with Gasteiger partial charge in [0.05, 0.1) is 0 Å². The summed E-state index contributed by atoms with van der Waals surface area (Å²) < 4.78 is 0. The molecule has 0 aromatic carbocycles. The lowest BCUT2D eigenvalue weighted by Gasteiger charge is -2.47. The SMILES string of the molecule is CC(C)C(N)CCCCCCCCCC(C)(C)C1CC(C)C(N)C(C(C)C)C1. The molecule has 0 amide bonds. The molecule has 0 spiro atoms. The molecule has 0 aliphatic heterocycles. The first-order chi connectivity index (χ1) is 13.1. The van der Waals surface area contributed by atoms with E-state index in [1.807, 2.05) is 0 Å². The minimum atomic E-state index is 0.398. The molecule has 1 aliphatic rings. The zero-order valence-electron chi connectivity index (χ0n) is 20.5. The van der Waals surface area contributed by atoms with Crippen LogP contribution in [0.5, 0.6) is 0 Å². The Labute approximate surface area is 178 Å². The highest BCUT2D eigenvalue weighted by molar-refractivity contribution is 4.93. The first-order valence-corrected chi connectivity index (χ1v) is 12.6. The average molecular weight is 395 g/mol. The topological polar surface area (TPSA) is 52.0 Å². The molecule has 0 bridgehead atoms. The Kier molecular flexibility index (Phi) is 11.7. The van der Waals surface area contributed by atoms with Gasteiger partial charge in [0.2, 0.25) is 0 Å². The highest BCUT2D eigenvalue weighted by atomic mass is 14.7. The van der Waals surface area contributed by atoms with Crippen molar-refractivity contribution in [3.05, 3.63) is 0 Å². The maximum atomic E-state index is 6.54. The van der Waals surface area contributed by atoms with Gasteiger partial charge in [0.15, 0.2) is 0 Å². The van der Waals surface area contributed by atoms with Crippen molar-refractivity contribution in [2.75, 3.05) is 0 Å². The number of nitrogens with two attached hydrogens (primary N) is 2. The van der Waals surface area contributed by atoms with Crippen LogP contribution in [0.4, 0.5) is 0 Å². The van der Waals surface area contributed by atoms with Gasteiger partial charge in [0.25, 0.3) is 0 Å². The highest BCUT2D eigenvalue weighted by Crippen LogP contribution is 2.46. The van der Waals surface area contributed by atoms with Crippen molar-refractivity contribution in [3.8, 4) is 0 Å². The van der Waals surface area contributed by atoms with Crippen LogP contribution < -0.4 is 11.5 Å². The molecule has 0 heterocycles. The van der Waals surface area contributed by atoms with Crippen molar-refractivity contribution in [3.63, 3.8) is 0 Å². The van der Waals surface area contributed by atoms with Crippen molar-refractivity contribution in [2.45, 2.75) is 131 Å². The Morgan fingerprint density at radius 2 is 1.39 bits per heavy atom. The smallest absolute Gasteiger partial charge is 0.00956 e. The molecule has 2 nitrogen and oxygen atoms in total. The molecule has 1 aliphatic carbocycles. The molecule has 0 aromatic heterocycles. The normalized spacial score (nSPS) is 27.5. The largest absolute Gasteiger partial charge is 0.327 e. The first kappa shape index (κ1) is 26.0. The van der Waals surface area contributed by atoms with Gasteiger partial charge in [0, 0.05) is 12.1 Å². The first-order valence-electron chi connectivity index (χ1n) is 12.6. The number of hydrogen-bond acceptors (Lipinski definition) is 2. The molecular formula is C26H54N2. The van der Waals surface area contributed by atoms with Gasteiger partial charge in [-0.15, -0.1) is 0 Å². The van der Waals surface area contributed by atoms with Gasteiger partial charge < -0.3 is 11.5 Å². The van der Waals surface area contributed by atoms with E-state index in [2.05, 4.69) is 48.5 Å². The Bertz CT molecular complexity index is 401. The molecular weight excluding hydrogens is 340 g/mol. The van der Waals surface area contributed by atoms with E-state index < -0.39 is 0 Å². The summed E-state index contributed by atoms with van der Waals surface area (Å²) >= 11 is 0. The van der Waals surface area contributed by atoms with Gasteiger partial charge in [-0.1, -0.05) is 93.4 Å². The Morgan fingerprint density at radius 3 is 1.93 bits per heavy atom. The second kappa shape index (κ2) is 12.6.